The predicted molar refractivity (Wildman–Crippen MR) is 88.8 cm³/mol. The third-order valence-corrected chi connectivity index (χ3v) is 3.68. The molecule has 3 aromatic rings. The van der Waals surface area contributed by atoms with E-state index in [0.29, 0.717) is 12.1 Å². The molecular formula is C18H18N4O. The summed E-state index contributed by atoms with van der Waals surface area (Å²) in [6.07, 6.45) is 7.29. The number of rotatable bonds is 4. The smallest absolute Gasteiger partial charge is 0.251 e. The van der Waals surface area contributed by atoms with Crippen molar-refractivity contribution in [3.05, 3.63) is 71.8 Å². The van der Waals surface area contributed by atoms with Gasteiger partial charge in [0.05, 0.1) is 6.20 Å². The van der Waals surface area contributed by atoms with Crippen molar-refractivity contribution in [2.75, 3.05) is 0 Å². The van der Waals surface area contributed by atoms with Crippen molar-refractivity contribution in [2.24, 2.45) is 7.05 Å². The van der Waals surface area contributed by atoms with Gasteiger partial charge in [0, 0.05) is 48.9 Å². The van der Waals surface area contributed by atoms with Crippen LogP contribution in [-0.2, 0) is 13.6 Å². The predicted octanol–water partition coefficient (Wildman–Crippen LogP) is 2.72. The Balaban J connectivity index is 1.71. The van der Waals surface area contributed by atoms with E-state index in [-0.39, 0.29) is 5.91 Å². The largest absolute Gasteiger partial charge is 0.348 e. The van der Waals surface area contributed by atoms with Crippen LogP contribution in [0.15, 0.2) is 55.1 Å². The number of hydrogen-bond acceptors (Lipinski definition) is 3. The molecule has 0 saturated heterocycles. The van der Waals surface area contributed by atoms with E-state index in [0.717, 1.165) is 22.3 Å². The summed E-state index contributed by atoms with van der Waals surface area (Å²) in [7, 11) is 1.88. The van der Waals surface area contributed by atoms with Gasteiger partial charge in [0.2, 0.25) is 0 Å². The van der Waals surface area contributed by atoms with Gasteiger partial charge >= 0.3 is 0 Å². The van der Waals surface area contributed by atoms with Gasteiger partial charge in [0.1, 0.15) is 0 Å². The average molecular weight is 306 g/mol. The summed E-state index contributed by atoms with van der Waals surface area (Å²) in [5, 5.41) is 7.11. The Morgan fingerprint density at radius 3 is 2.74 bits per heavy atom. The fraction of sp³-hybridized carbons (Fsp3) is 0.167. The first-order valence-electron chi connectivity index (χ1n) is 7.40. The number of carbonyl (C=O) groups is 1. The highest BCUT2D eigenvalue weighted by molar-refractivity contribution is 5.95. The minimum absolute atomic E-state index is 0.0742. The lowest BCUT2D eigenvalue weighted by molar-refractivity contribution is 0.0950. The fourth-order valence-corrected chi connectivity index (χ4v) is 2.42. The van der Waals surface area contributed by atoms with Crippen LogP contribution in [0.3, 0.4) is 0 Å². The number of aryl methyl sites for hydroxylation is 2. The van der Waals surface area contributed by atoms with E-state index >= 15 is 0 Å². The summed E-state index contributed by atoms with van der Waals surface area (Å²) in [5.74, 6) is -0.0742. The first kappa shape index (κ1) is 15.0. The molecule has 1 aromatic carbocycles. The van der Waals surface area contributed by atoms with Crippen LogP contribution in [0.1, 0.15) is 21.5 Å². The Morgan fingerprint density at radius 2 is 2.00 bits per heavy atom. The molecule has 2 aromatic heterocycles. The number of aromatic nitrogens is 3. The minimum atomic E-state index is -0.0742. The maximum atomic E-state index is 12.3. The van der Waals surface area contributed by atoms with Crippen molar-refractivity contribution >= 4 is 5.91 Å². The lowest BCUT2D eigenvalue weighted by Crippen LogP contribution is -2.23. The topological polar surface area (TPSA) is 59.8 Å². The molecule has 0 aliphatic carbocycles. The number of carbonyl (C=O) groups excluding carboxylic acids is 1. The third kappa shape index (κ3) is 3.45. The molecule has 0 fully saturated rings. The van der Waals surface area contributed by atoms with Crippen LogP contribution in [0.4, 0.5) is 0 Å². The second kappa shape index (κ2) is 6.44. The van der Waals surface area contributed by atoms with Gasteiger partial charge in [-0.1, -0.05) is 18.2 Å². The number of benzene rings is 1. The van der Waals surface area contributed by atoms with Gasteiger partial charge in [-0.25, -0.2) is 0 Å². The summed E-state index contributed by atoms with van der Waals surface area (Å²) in [4.78, 5) is 16.5. The first-order valence-corrected chi connectivity index (χ1v) is 7.40. The van der Waals surface area contributed by atoms with Crippen LogP contribution >= 0.6 is 0 Å². The van der Waals surface area contributed by atoms with Crippen LogP contribution in [0.25, 0.3) is 11.1 Å². The molecule has 0 spiro atoms. The van der Waals surface area contributed by atoms with E-state index in [2.05, 4.69) is 15.4 Å². The average Bonchev–Trinajstić information content (AvgIpc) is 3.00. The zero-order valence-corrected chi connectivity index (χ0v) is 13.2. The Kier molecular flexibility index (Phi) is 4.19. The van der Waals surface area contributed by atoms with E-state index in [1.165, 1.54) is 0 Å². The van der Waals surface area contributed by atoms with Gasteiger partial charge in [0.25, 0.3) is 5.91 Å². The van der Waals surface area contributed by atoms with E-state index in [1.807, 2.05) is 50.5 Å². The molecular weight excluding hydrogens is 288 g/mol. The summed E-state index contributed by atoms with van der Waals surface area (Å²) >= 11 is 0. The van der Waals surface area contributed by atoms with Crippen molar-refractivity contribution < 1.29 is 4.79 Å². The Morgan fingerprint density at radius 1 is 1.17 bits per heavy atom. The highest BCUT2D eigenvalue weighted by Gasteiger charge is 2.08. The molecule has 23 heavy (non-hydrogen) atoms. The van der Waals surface area contributed by atoms with Crippen LogP contribution < -0.4 is 5.32 Å². The zero-order chi connectivity index (χ0) is 16.2. The van der Waals surface area contributed by atoms with Gasteiger partial charge < -0.3 is 5.32 Å². The van der Waals surface area contributed by atoms with Crippen molar-refractivity contribution in [3.63, 3.8) is 0 Å². The van der Waals surface area contributed by atoms with Crippen molar-refractivity contribution in [2.45, 2.75) is 13.5 Å². The molecule has 2 heterocycles. The number of pyridine rings is 1. The van der Waals surface area contributed by atoms with Gasteiger partial charge in [-0.2, -0.15) is 5.10 Å². The molecule has 3 rings (SSSR count). The highest BCUT2D eigenvalue weighted by Crippen LogP contribution is 2.18. The van der Waals surface area contributed by atoms with Crippen molar-refractivity contribution in [1.82, 2.24) is 20.1 Å². The zero-order valence-electron chi connectivity index (χ0n) is 13.2. The highest BCUT2D eigenvalue weighted by atomic mass is 16.1. The molecule has 5 nitrogen and oxygen atoms in total. The van der Waals surface area contributed by atoms with E-state index < -0.39 is 0 Å². The lowest BCUT2D eigenvalue weighted by atomic mass is 10.1. The molecule has 1 amide bonds. The lowest BCUT2D eigenvalue weighted by Gasteiger charge is -2.08. The number of nitrogens with zero attached hydrogens (tertiary/aromatic N) is 3. The molecule has 0 radical (unpaired) electrons. The Labute approximate surface area is 135 Å². The summed E-state index contributed by atoms with van der Waals surface area (Å²) in [5.41, 5.74) is 4.61. The molecule has 0 aliphatic rings. The van der Waals surface area contributed by atoms with Gasteiger partial charge in [-0.3, -0.25) is 14.5 Å². The Hall–Kier alpha value is -2.95. The van der Waals surface area contributed by atoms with Crippen LogP contribution in [0, 0.1) is 6.92 Å². The SMILES string of the molecule is Cc1ccccc1C(=O)NCc1cncc(-c2cnn(C)c2)c1. The van der Waals surface area contributed by atoms with Gasteiger partial charge in [-0.05, 0) is 30.2 Å². The molecule has 5 heteroatoms. The van der Waals surface area contributed by atoms with E-state index in [1.54, 1.807) is 23.3 Å². The third-order valence-electron chi connectivity index (χ3n) is 3.68. The second-order valence-electron chi connectivity index (χ2n) is 5.48. The first-order chi connectivity index (χ1) is 11.1. The number of hydrogen-bond donors (Lipinski definition) is 1. The number of nitrogens with one attached hydrogen (secondary N) is 1. The molecule has 1 N–H and O–H groups in total. The number of amides is 1. The molecule has 0 bridgehead atoms. The van der Waals surface area contributed by atoms with Gasteiger partial charge in [-0.15, -0.1) is 0 Å². The van der Waals surface area contributed by atoms with Gasteiger partial charge in [0.15, 0.2) is 0 Å². The summed E-state index contributed by atoms with van der Waals surface area (Å²) in [6, 6.07) is 9.57. The van der Waals surface area contributed by atoms with Crippen molar-refractivity contribution in [1.29, 1.82) is 0 Å². The van der Waals surface area contributed by atoms with Crippen LogP contribution in [-0.4, -0.2) is 20.7 Å². The van der Waals surface area contributed by atoms with Crippen LogP contribution in [0.5, 0.6) is 0 Å². The van der Waals surface area contributed by atoms with E-state index in [9.17, 15) is 4.79 Å². The normalized spacial score (nSPS) is 10.5. The monoisotopic (exact) mass is 306 g/mol. The Bertz CT molecular complexity index is 838. The standard InChI is InChI=1S/C18H18N4O/c1-13-5-3-4-6-17(13)18(23)20-9-14-7-15(10-19-8-14)16-11-21-22(2)12-16/h3-8,10-12H,9H2,1-2H3,(H,20,23). The van der Waals surface area contributed by atoms with E-state index in [4.69, 9.17) is 0 Å². The molecule has 0 unspecified atom stereocenters. The molecule has 0 aliphatic heterocycles. The molecule has 116 valence electrons. The van der Waals surface area contributed by atoms with Crippen LogP contribution in [0.2, 0.25) is 0 Å². The molecule has 0 atom stereocenters. The molecule has 0 saturated carbocycles. The maximum Gasteiger partial charge on any atom is 0.251 e. The summed E-state index contributed by atoms with van der Waals surface area (Å²) < 4.78 is 1.75. The maximum absolute atomic E-state index is 12.3. The minimum Gasteiger partial charge on any atom is -0.348 e. The fourth-order valence-electron chi connectivity index (χ4n) is 2.42. The quantitative estimate of drug-likeness (QED) is 0.806. The summed E-state index contributed by atoms with van der Waals surface area (Å²) in [6.45, 7) is 2.37. The van der Waals surface area contributed by atoms with Crippen molar-refractivity contribution in [3.8, 4) is 11.1 Å². The second-order valence-corrected chi connectivity index (χ2v) is 5.48.